The number of allylic oxidation sites excluding steroid dienone is 1. The van der Waals surface area contributed by atoms with E-state index in [4.69, 9.17) is 0 Å². The Balaban J connectivity index is 1.91. The van der Waals surface area contributed by atoms with Gasteiger partial charge in [0.1, 0.15) is 11.5 Å². The van der Waals surface area contributed by atoms with E-state index in [0.717, 1.165) is 5.56 Å². The molecule has 2 aromatic rings. The number of amides is 1. The second-order valence-corrected chi connectivity index (χ2v) is 6.71. The minimum atomic E-state index is -4.42. The molecule has 1 atom stereocenters. The van der Waals surface area contributed by atoms with Crippen LogP contribution in [0.4, 0.5) is 13.2 Å². The SMILES string of the molecule is CN/C(C)=C(\O)c1ccc(CC(=O)N[C@H](C)c2ccc(OCC(F)(F)F)cn2)cc1. The third kappa shape index (κ3) is 6.98. The molecular formula is C21H24F3N3O3. The largest absolute Gasteiger partial charge is 0.506 e. The zero-order chi connectivity index (χ0) is 22.3. The lowest BCUT2D eigenvalue weighted by Crippen LogP contribution is -2.28. The van der Waals surface area contributed by atoms with Crippen LogP contribution in [0.25, 0.3) is 5.76 Å². The molecule has 162 valence electrons. The summed E-state index contributed by atoms with van der Waals surface area (Å²) in [6, 6.07) is 9.41. The topological polar surface area (TPSA) is 83.5 Å². The van der Waals surface area contributed by atoms with E-state index in [0.29, 0.717) is 17.0 Å². The number of aliphatic hydroxyl groups excluding tert-OH is 1. The molecule has 0 spiro atoms. The van der Waals surface area contributed by atoms with Crippen molar-refractivity contribution >= 4 is 11.7 Å². The first-order chi connectivity index (χ1) is 14.1. The maximum atomic E-state index is 12.3. The van der Waals surface area contributed by atoms with Gasteiger partial charge in [-0.15, -0.1) is 0 Å². The molecule has 1 amide bonds. The molecule has 1 heterocycles. The van der Waals surface area contributed by atoms with E-state index in [-0.39, 0.29) is 23.8 Å². The molecule has 1 aromatic heterocycles. The van der Waals surface area contributed by atoms with Gasteiger partial charge in [-0.2, -0.15) is 13.2 Å². The smallest absolute Gasteiger partial charge is 0.422 e. The Kier molecular flexibility index (Phi) is 7.68. The van der Waals surface area contributed by atoms with Crippen molar-refractivity contribution in [1.29, 1.82) is 0 Å². The molecule has 0 saturated heterocycles. The van der Waals surface area contributed by atoms with Gasteiger partial charge in [-0.3, -0.25) is 9.78 Å². The summed E-state index contributed by atoms with van der Waals surface area (Å²) in [6.07, 6.45) is -3.10. The fraction of sp³-hybridized carbons (Fsp3) is 0.333. The highest BCUT2D eigenvalue weighted by Gasteiger charge is 2.28. The highest BCUT2D eigenvalue weighted by molar-refractivity contribution is 5.79. The number of aromatic nitrogens is 1. The Morgan fingerprint density at radius 2 is 1.87 bits per heavy atom. The van der Waals surface area contributed by atoms with E-state index >= 15 is 0 Å². The average Bonchev–Trinajstić information content (AvgIpc) is 2.71. The maximum Gasteiger partial charge on any atom is 0.422 e. The summed E-state index contributed by atoms with van der Waals surface area (Å²) in [4.78, 5) is 16.3. The van der Waals surface area contributed by atoms with Crippen LogP contribution in [0.15, 0.2) is 48.3 Å². The summed E-state index contributed by atoms with van der Waals surface area (Å²) in [5, 5.41) is 15.7. The molecule has 0 aliphatic rings. The van der Waals surface area contributed by atoms with Gasteiger partial charge < -0.3 is 20.5 Å². The third-order valence-corrected chi connectivity index (χ3v) is 4.31. The Hall–Kier alpha value is -3.23. The van der Waals surface area contributed by atoms with E-state index in [1.807, 2.05) is 0 Å². The maximum absolute atomic E-state index is 12.3. The number of carbonyl (C=O) groups is 1. The number of pyridine rings is 1. The molecule has 0 aliphatic carbocycles. The van der Waals surface area contributed by atoms with Crippen molar-refractivity contribution in [2.45, 2.75) is 32.5 Å². The number of alkyl halides is 3. The molecule has 2 rings (SSSR count). The molecular weight excluding hydrogens is 399 g/mol. The number of nitrogens with one attached hydrogen (secondary N) is 2. The van der Waals surface area contributed by atoms with Crippen molar-refractivity contribution in [3.8, 4) is 5.75 Å². The fourth-order valence-corrected chi connectivity index (χ4v) is 2.57. The van der Waals surface area contributed by atoms with Gasteiger partial charge in [0, 0.05) is 12.6 Å². The molecule has 3 N–H and O–H groups in total. The van der Waals surface area contributed by atoms with Crippen molar-refractivity contribution in [3.63, 3.8) is 0 Å². The zero-order valence-corrected chi connectivity index (χ0v) is 16.9. The van der Waals surface area contributed by atoms with Crippen LogP contribution >= 0.6 is 0 Å². The highest BCUT2D eigenvalue weighted by atomic mass is 19.4. The minimum Gasteiger partial charge on any atom is -0.506 e. The number of benzene rings is 1. The summed E-state index contributed by atoms with van der Waals surface area (Å²) in [5.74, 6) is -0.100. The molecule has 0 aliphatic heterocycles. The molecule has 1 aromatic carbocycles. The summed E-state index contributed by atoms with van der Waals surface area (Å²) < 4.78 is 41.1. The fourth-order valence-electron chi connectivity index (χ4n) is 2.57. The van der Waals surface area contributed by atoms with Gasteiger partial charge in [-0.1, -0.05) is 24.3 Å². The predicted molar refractivity (Wildman–Crippen MR) is 107 cm³/mol. The Morgan fingerprint density at radius 1 is 1.20 bits per heavy atom. The van der Waals surface area contributed by atoms with E-state index in [9.17, 15) is 23.1 Å². The van der Waals surface area contributed by atoms with Crippen molar-refractivity contribution in [3.05, 3.63) is 65.1 Å². The standard InChI is InChI=1S/C21H24F3N3O3/c1-13(18-9-8-17(11-26-18)30-12-21(22,23)24)27-19(28)10-15-4-6-16(7-5-15)20(29)14(2)25-3/h4-9,11,13,25,29H,10,12H2,1-3H3,(H,27,28)/b20-14-/t13-/m1/s1. The number of hydrogen-bond donors (Lipinski definition) is 3. The highest BCUT2D eigenvalue weighted by Crippen LogP contribution is 2.20. The number of carbonyl (C=O) groups excluding carboxylic acids is 1. The van der Waals surface area contributed by atoms with Gasteiger partial charge in [-0.25, -0.2) is 0 Å². The van der Waals surface area contributed by atoms with Gasteiger partial charge in [-0.05, 0) is 31.5 Å². The molecule has 0 unspecified atom stereocenters. The number of aliphatic hydroxyl groups is 1. The first kappa shape index (κ1) is 23.1. The molecule has 6 nitrogen and oxygen atoms in total. The van der Waals surface area contributed by atoms with E-state index in [2.05, 4.69) is 20.4 Å². The van der Waals surface area contributed by atoms with Crippen molar-refractivity contribution in [2.24, 2.45) is 0 Å². The summed E-state index contributed by atoms with van der Waals surface area (Å²) >= 11 is 0. The lowest BCUT2D eigenvalue weighted by Gasteiger charge is -2.15. The number of rotatable bonds is 8. The van der Waals surface area contributed by atoms with Crippen LogP contribution in [0.1, 0.15) is 36.7 Å². The van der Waals surface area contributed by atoms with Crippen molar-refractivity contribution in [1.82, 2.24) is 15.6 Å². The van der Waals surface area contributed by atoms with Gasteiger partial charge in [0.05, 0.1) is 30.1 Å². The number of nitrogens with zero attached hydrogens (tertiary/aromatic N) is 1. The normalized spacial score (nSPS) is 13.3. The van der Waals surface area contributed by atoms with Gasteiger partial charge >= 0.3 is 6.18 Å². The molecule has 0 bridgehead atoms. The van der Waals surface area contributed by atoms with E-state index in [1.54, 1.807) is 45.2 Å². The third-order valence-electron chi connectivity index (χ3n) is 4.31. The summed E-state index contributed by atoms with van der Waals surface area (Å²) in [6.45, 7) is 2.09. The quantitative estimate of drug-likeness (QED) is 0.561. The van der Waals surface area contributed by atoms with E-state index in [1.165, 1.54) is 18.3 Å². The van der Waals surface area contributed by atoms with Gasteiger partial charge in [0.25, 0.3) is 0 Å². The Bertz CT molecular complexity index is 879. The second-order valence-electron chi connectivity index (χ2n) is 6.71. The first-order valence-corrected chi connectivity index (χ1v) is 9.21. The summed E-state index contributed by atoms with van der Waals surface area (Å²) in [7, 11) is 1.71. The van der Waals surface area contributed by atoms with Crippen molar-refractivity contribution < 1.29 is 27.8 Å². The Labute approximate surface area is 172 Å². The minimum absolute atomic E-state index is 0.000466. The van der Waals surface area contributed by atoms with Crippen molar-refractivity contribution in [2.75, 3.05) is 13.7 Å². The average molecular weight is 423 g/mol. The van der Waals surface area contributed by atoms with Crippen LogP contribution in [0.5, 0.6) is 5.75 Å². The van der Waals surface area contributed by atoms with Gasteiger partial charge in [0.2, 0.25) is 5.91 Å². The lowest BCUT2D eigenvalue weighted by atomic mass is 10.1. The molecule has 0 fully saturated rings. The Morgan fingerprint density at radius 3 is 2.40 bits per heavy atom. The van der Waals surface area contributed by atoms with Crippen LogP contribution in [-0.4, -0.2) is 35.8 Å². The van der Waals surface area contributed by atoms with Gasteiger partial charge in [0.15, 0.2) is 6.61 Å². The van der Waals surface area contributed by atoms with Crippen LogP contribution < -0.4 is 15.4 Å². The number of halogens is 3. The predicted octanol–water partition coefficient (Wildman–Crippen LogP) is 3.91. The van der Waals surface area contributed by atoms with E-state index < -0.39 is 18.8 Å². The van der Waals surface area contributed by atoms with Crippen LogP contribution in [0.2, 0.25) is 0 Å². The number of ether oxygens (including phenoxy) is 1. The molecule has 0 saturated carbocycles. The number of hydrogen-bond acceptors (Lipinski definition) is 5. The monoisotopic (exact) mass is 423 g/mol. The first-order valence-electron chi connectivity index (χ1n) is 9.21. The molecule has 0 radical (unpaired) electrons. The van der Waals surface area contributed by atoms with Crippen LogP contribution in [-0.2, 0) is 11.2 Å². The van der Waals surface area contributed by atoms with Crippen LogP contribution in [0.3, 0.4) is 0 Å². The lowest BCUT2D eigenvalue weighted by molar-refractivity contribution is -0.153. The molecule has 9 heteroatoms. The summed E-state index contributed by atoms with van der Waals surface area (Å²) in [5.41, 5.74) is 2.53. The second kappa shape index (κ2) is 10.00. The zero-order valence-electron chi connectivity index (χ0n) is 16.9. The van der Waals surface area contributed by atoms with Crippen LogP contribution in [0, 0.1) is 0 Å². The molecule has 30 heavy (non-hydrogen) atoms.